The van der Waals surface area contributed by atoms with Crippen molar-refractivity contribution in [3.8, 4) is 28.7 Å². The van der Waals surface area contributed by atoms with Crippen LogP contribution < -0.4 is 15.4 Å². The van der Waals surface area contributed by atoms with Gasteiger partial charge in [0.25, 0.3) is 0 Å². The van der Waals surface area contributed by atoms with Crippen molar-refractivity contribution in [1.82, 2.24) is 10.2 Å². The number of aromatic nitrogens is 2. The molecule has 0 aliphatic heterocycles. The normalized spacial score (nSPS) is 10.4. The number of carbonyl (C=O) groups is 1. The van der Waals surface area contributed by atoms with Crippen molar-refractivity contribution in [2.75, 3.05) is 17.2 Å². The standard InChI is InChI=1S/C23H20N4O3/c1-2-29-20-14-7-6-13-19(20)25-23(28)24-18-12-8-11-17(15-18)22-27-26-21(30-22)16-9-4-3-5-10-16/h3-15H,2H2,1H3,(H2,24,25,28). The molecule has 30 heavy (non-hydrogen) atoms. The Morgan fingerprint density at radius 3 is 2.37 bits per heavy atom. The van der Waals surface area contributed by atoms with Gasteiger partial charge in [-0.05, 0) is 49.4 Å². The molecule has 0 radical (unpaired) electrons. The minimum atomic E-state index is -0.380. The lowest BCUT2D eigenvalue weighted by atomic mass is 10.2. The summed E-state index contributed by atoms with van der Waals surface area (Å²) < 4.78 is 11.3. The molecule has 0 saturated carbocycles. The largest absolute Gasteiger partial charge is 0.492 e. The maximum atomic E-state index is 12.4. The Morgan fingerprint density at radius 1 is 0.867 bits per heavy atom. The number of nitrogens with zero attached hydrogens (tertiary/aromatic N) is 2. The SMILES string of the molecule is CCOc1ccccc1NC(=O)Nc1cccc(-c2nnc(-c3ccccc3)o2)c1. The van der Waals surface area contributed by atoms with Gasteiger partial charge in [-0.25, -0.2) is 4.79 Å². The van der Waals surface area contributed by atoms with Crippen molar-refractivity contribution in [2.24, 2.45) is 0 Å². The zero-order valence-corrected chi connectivity index (χ0v) is 16.3. The fraction of sp³-hybridized carbons (Fsp3) is 0.0870. The van der Waals surface area contributed by atoms with Gasteiger partial charge in [0.15, 0.2) is 0 Å². The molecule has 4 rings (SSSR count). The van der Waals surface area contributed by atoms with Crippen LogP contribution in [0.1, 0.15) is 6.92 Å². The van der Waals surface area contributed by atoms with Gasteiger partial charge >= 0.3 is 6.03 Å². The van der Waals surface area contributed by atoms with Gasteiger partial charge in [0, 0.05) is 16.8 Å². The first kappa shape index (κ1) is 19.2. The number of anilines is 2. The van der Waals surface area contributed by atoms with E-state index in [2.05, 4.69) is 20.8 Å². The minimum Gasteiger partial charge on any atom is -0.492 e. The zero-order valence-electron chi connectivity index (χ0n) is 16.3. The number of hydrogen-bond donors (Lipinski definition) is 2. The number of nitrogens with one attached hydrogen (secondary N) is 2. The quantitative estimate of drug-likeness (QED) is 0.449. The Morgan fingerprint density at radius 2 is 1.57 bits per heavy atom. The van der Waals surface area contributed by atoms with E-state index in [4.69, 9.17) is 9.15 Å². The summed E-state index contributed by atoms with van der Waals surface area (Å²) in [6, 6.07) is 23.7. The van der Waals surface area contributed by atoms with Crippen molar-refractivity contribution in [3.05, 3.63) is 78.9 Å². The third-order valence-corrected chi connectivity index (χ3v) is 4.25. The van der Waals surface area contributed by atoms with E-state index >= 15 is 0 Å². The summed E-state index contributed by atoms with van der Waals surface area (Å²) in [5.74, 6) is 1.43. The van der Waals surface area contributed by atoms with Crippen molar-refractivity contribution >= 4 is 17.4 Å². The first-order valence-corrected chi connectivity index (χ1v) is 9.52. The summed E-state index contributed by atoms with van der Waals surface area (Å²) in [5.41, 5.74) is 2.74. The van der Waals surface area contributed by atoms with Gasteiger partial charge in [0.1, 0.15) is 5.75 Å². The van der Waals surface area contributed by atoms with E-state index in [1.54, 1.807) is 24.3 Å². The average Bonchev–Trinajstić information content (AvgIpc) is 3.27. The van der Waals surface area contributed by atoms with Crippen LogP contribution in [-0.2, 0) is 0 Å². The monoisotopic (exact) mass is 400 g/mol. The molecule has 4 aromatic rings. The van der Waals surface area contributed by atoms with Crippen LogP contribution in [0.3, 0.4) is 0 Å². The molecular formula is C23H20N4O3. The molecular weight excluding hydrogens is 380 g/mol. The summed E-state index contributed by atoms with van der Waals surface area (Å²) in [6.45, 7) is 2.40. The van der Waals surface area contributed by atoms with Gasteiger partial charge in [-0.15, -0.1) is 10.2 Å². The lowest BCUT2D eigenvalue weighted by Gasteiger charge is -2.12. The van der Waals surface area contributed by atoms with Crippen molar-refractivity contribution in [1.29, 1.82) is 0 Å². The van der Waals surface area contributed by atoms with Gasteiger partial charge in [0.2, 0.25) is 11.8 Å². The second kappa shape index (κ2) is 8.91. The summed E-state index contributed by atoms with van der Waals surface area (Å²) >= 11 is 0. The molecule has 1 heterocycles. The molecule has 2 amide bonds. The van der Waals surface area contributed by atoms with Gasteiger partial charge < -0.3 is 19.8 Å². The van der Waals surface area contributed by atoms with Crippen LogP contribution in [0.4, 0.5) is 16.2 Å². The number of benzene rings is 3. The highest BCUT2D eigenvalue weighted by molar-refractivity contribution is 6.00. The van der Waals surface area contributed by atoms with Gasteiger partial charge in [-0.2, -0.15) is 0 Å². The molecule has 7 heteroatoms. The first-order chi connectivity index (χ1) is 14.7. The predicted molar refractivity (Wildman–Crippen MR) is 115 cm³/mol. The summed E-state index contributed by atoms with van der Waals surface area (Å²) in [5, 5.41) is 13.8. The highest BCUT2D eigenvalue weighted by Crippen LogP contribution is 2.26. The first-order valence-electron chi connectivity index (χ1n) is 9.52. The second-order valence-electron chi connectivity index (χ2n) is 6.37. The highest BCUT2D eigenvalue weighted by atomic mass is 16.5. The van der Waals surface area contributed by atoms with Crippen molar-refractivity contribution in [2.45, 2.75) is 6.92 Å². The smallest absolute Gasteiger partial charge is 0.323 e. The topological polar surface area (TPSA) is 89.3 Å². The molecule has 0 fully saturated rings. The Kier molecular flexibility index (Phi) is 5.70. The van der Waals surface area contributed by atoms with E-state index in [1.165, 1.54) is 0 Å². The lowest BCUT2D eigenvalue weighted by molar-refractivity contribution is 0.262. The van der Waals surface area contributed by atoms with E-state index in [1.807, 2.05) is 61.5 Å². The third kappa shape index (κ3) is 4.47. The number of para-hydroxylation sites is 2. The third-order valence-electron chi connectivity index (χ3n) is 4.25. The van der Waals surface area contributed by atoms with Gasteiger partial charge in [0.05, 0.1) is 12.3 Å². The Labute approximate surface area is 173 Å². The molecule has 0 spiro atoms. The van der Waals surface area contributed by atoms with Crippen LogP contribution in [0.15, 0.2) is 83.3 Å². The maximum absolute atomic E-state index is 12.4. The molecule has 0 unspecified atom stereocenters. The maximum Gasteiger partial charge on any atom is 0.323 e. The molecule has 0 aliphatic rings. The van der Waals surface area contributed by atoms with Gasteiger partial charge in [-0.1, -0.05) is 36.4 Å². The summed E-state index contributed by atoms with van der Waals surface area (Å²) in [6.07, 6.45) is 0. The Hall–Kier alpha value is -4.13. The lowest BCUT2D eigenvalue weighted by Crippen LogP contribution is -2.19. The number of amides is 2. The van der Waals surface area contributed by atoms with E-state index < -0.39 is 0 Å². The number of hydrogen-bond acceptors (Lipinski definition) is 5. The molecule has 3 aromatic carbocycles. The number of ether oxygens (including phenoxy) is 1. The van der Waals surface area contributed by atoms with E-state index in [0.717, 1.165) is 5.56 Å². The van der Waals surface area contributed by atoms with E-state index in [0.29, 0.717) is 41.1 Å². The number of carbonyl (C=O) groups excluding carboxylic acids is 1. The Bertz CT molecular complexity index is 1140. The molecule has 0 saturated heterocycles. The van der Waals surface area contributed by atoms with Gasteiger partial charge in [-0.3, -0.25) is 0 Å². The van der Waals surface area contributed by atoms with E-state index in [-0.39, 0.29) is 6.03 Å². The average molecular weight is 400 g/mol. The van der Waals surface area contributed by atoms with Crippen molar-refractivity contribution in [3.63, 3.8) is 0 Å². The number of urea groups is 1. The van der Waals surface area contributed by atoms with Crippen LogP contribution in [0.5, 0.6) is 5.75 Å². The zero-order chi connectivity index (χ0) is 20.8. The summed E-state index contributed by atoms with van der Waals surface area (Å²) in [4.78, 5) is 12.4. The number of rotatable bonds is 6. The molecule has 7 nitrogen and oxygen atoms in total. The van der Waals surface area contributed by atoms with Crippen LogP contribution in [0.25, 0.3) is 22.9 Å². The predicted octanol–water partition coefficient (Wildman–Crippen LogP) is 5.45. The second-order valence-corrected chi connectivity index (χ2v) is 6.37. The molecule has 1 aromatic heterocycles. The van der Waals surface area contributed by atoms with Crippen molar-refractivity contribution < 1.29 is 13.9 Å². The van der Waals surface area contributed by atoms with Crippen LogP contribution in [0, 0.1) is 0 Å². The molecule has 0 bridgehead atoms. The van der Waals surface area contributed by atoms with Crippen LogP contribution in [-0.4, -0.2) is 22.8 Å². The van der Waals surface area contributed by atoms with Crippen LogP contribution >= 0.6 is 0 Å². The highest BCUT2D eigenvalue weighted by Gasteiger charge is 2.12. The molecule has 150 valence electrons. The Balaban J connectivity index is 1.48. The van der Waals surface area contributed by atoms with Crippen LogP contribution in [0.2, 0.25) is 0 Å². The fourth-order valence-corrected chi connectivity index (χ4v) is 2.90. The molecule has 2 N–H and O–H groups in total. The molecule has 0 aliphatic carbocycles. The fourth-order valence-electron chi connectivity index (χ4n) is 2.90. The molecule has 0 atom stereocenters. The minimum absolute atomic E-state index is 0.375. The summed E-state index contributed by atoms with van der Waals surface area (Å²) in [7, 11) is 0. The van der Waals surface area contributed by atoms with E-state index in [9.17, 15) is 4.79 Å².